The van der Waals surface area contributed by atoms with Crippen LogP contribution in [0.15, 0.2) is 36.0 Å². The normalized spacial score (nSPS) is 15.5. The standard InChI is InChI=1S/C10H14F2O2/c1-7(10(14)3-4-13)5-9(12)6-8(2)11/h5-6,10,13-14H,1,3-4H2,2H3/b8-6+,9-5+. The number of hydrogen-bond acceptors (Lipinski definition) is 2. The Morgan fingerprint density at radius 2 is 2.00 bits per heavy atom. The summed E-state index contributed by atoms with van der Waals surface area (Å²) in [6.07, 6.45) is 0.709. The van der Waals surface area contributed by atoms with Gasteiger partial charge in [-0.3, -0.25) is 0 Å². The van der Waals surface area contributed by atoms with Crippen molar-refractivity contribution in [2.75, 3.05) is 6.61 Å². The van der Waals surface area contributed by atoms with Crippen molar-refractivity contribution < 1.29 is 19.0 Å². The van der Waals surface area contributed by atoms with Crippen molar-refractivity contribution in [1.82, 2.24) is 0 Å². The van der Waals surface area contributed by atoms with Gasteiger partial charge in [0.2, 0.25) is 0 Å². The Balaban J connectivity index is 4.35. The summed E-state index contributed by atoms with van der Waals surface area (Å²) in [7, 11) is 0. The molecular formula is C10H14F2O2. The van der Waals surface area contributed by atoms with E-state index in [-0.39, 0.29) is 18.6 Å². The maximum atomic E-state index is 12.8. The predicted molar refractivity (Wildman–Crippen MR) is 50.9 cm³/mol. The van der Waals surface area contributed by atoms with Crippen molar-refractivity contribution in [2.45, 2.75) is 19.4 Å². The van der Waals surface area contributed by atoms with Crippen molar-refractivity contribution in [3.05, 3.63) is 36.0 Å². The molecule has 0 amide bonds. The van der Waals surface area contributed by atoms with Gasteiger partial charge in [0.15, 0.2) is 0 Å². The highest BCUT2D eigenvalue weighted by atomic mass is 19.1. The molecule has 0 aliphatic heterocycles. The van der Waals surface area contributed by atoms with Gasteiger partial charge in [-0.25, -0.2) is 8.78 Å². The van der Waals surface area contributed by atoms with Crippen molar-refractivity contribution in [2.24, 2.45) is 0 Å². The minimum Gasteiger partial charge on any atom is -0.396 e. The second-order valence-electron chi connectivity index (χ2n) is 2.86. The second kappa shape index (κ2) is 6.45. The molecule has 0 heterocycles. The zero-order valence-corrected chi connectivity index (χ0v) is 8.00. The Morgan fingerprint density at radius 1 is 1.43 bits per heavy atom. The lowest BCUT2D eigenvalue weighted by molar-refractivity contribution is 0.164. The van der Waals surface area contributed by atoms with E-state index in [2.05, 4.69) is 6.58 Å². The van der Waals surface area contributed by atoms with Crippen LogP contribution in [-0.2, 0) is 0 Å². The van der Waals surface area contributed by atoms with Crippen LogP contribution in [0.4, 0.5) is 8.78 Å². The monoisotopic (exact) mass is 204 g/mol. The lowest BCUT2D eigenvalue weighted by Gasteiger charge is -2.07. The van der Waals surface area contributed by atoms with Crippen LogP contribution in [0, 0.1) is 0 Å². The number of aliphatic hydroxyl groups is 2. The third-order valence-corrected chi connectivity index (χ3v) is 1.49. The highest BCUT2D eigenvalue weighted by molar-refractivity contribution is 5.27. The number of aliphatic hydroxyl groups excluding tert-OH is 2. The van der Waals surface area contributed by atoms with Crippen LogP contribution >= 0.6 is 0 Å². The summed E-state index contributed by atoms with van der Waals surface area (Å²) >= 11 is 0. The van der Waals surface area contributed by atoms with Crippen molar-refractivity contribution in [3.8, 4) is 0 Å². The molecule has 2 nitrogen and oxygen atoms in total. The van der Waals surface area contributed by atoms with E-state index in [1.807, 2.05) is 0 Å². The zero-order valence-electron chi connectivity index (χ0n) is 8.00. The Bertz CT molecular complexity index is 253. The minimum absolute atomic E-state index is 0.0843. The van der Waals surface area contributed by atoms with E-state index in [1.54, 1.807) is 0 Å². The van der Waals surface area contributed by atoms with Gasteiger partial charge in [-0.1, -0.05) is 6.58 Å². The second-order valence-corrected chi connectivity index (χ2v) is 2.86. The van der Waals surface area contributed by atoms with Crippen LogP contribution in [0.2, 0.25) is 0 Å². The quantitative estimate of drug-likeness (QED) is 0.672. The third-order valence-electron chi connectivity index (χ3n) is 1.49. The van der Waals surface area contributed by atoms with Gasteiger partial charge in [-0.15, -0.1) is 0 Å². The van der Waals surface area contributed by atoms with E-state index in [0.717, 1.165) is 13.0 Å². The van der Waals surface area contributed by atoms with Crippen LogP contribution in [0.3, 0.4) is 0 Å². The molecule has 0 fully saturated rings. The van der Waals surface area contributed by atoms with Gasteiger partial charge in [0, 0.05) is 19.1 Å². The Kier molecular flexibility index (Phi) is 5.99. The molecule has 0 rings (SSSR count). The minimum atomic E-state index is -1.00. The molecule has 0 aromatic carbocycles. The van der Waals surface area contributed by atoms with Gasteiger partial charge in [0.05, 0.1) is 11.9 Å². The summed E-state index contributed by atoms with van der Waals surface area (Å²) in [5, 5.41) is 17.7. The Morgan fingerprint density at radius 3 is 2.43 bits per heavy atom. The summed E-state index contributed by atoms with van der Waals surface area (Å²) in [5.41, 5.74) is 0.106. The molecule has 0 saturated carbocycles. The molecule has 0 saturated heterocycles. The zero-order chi connectivity index (χ0) is 11.1. The van der Waals surface area contributed by atoms with Gasteiger partial charge < -0.3 is 10.2 Å². The molecule has 2 N–H and O–H groups in total. The summed E-state index contributed by atoms with van der Waals surface area (Å²) in [4.78, 5) is 0. The van der Waals surface area contributed by atoms with Crippen molar-refractivity contribution in [3.63, 3.8) is 0 Å². The lowest BCUT2D eigenvalue weighted by atomic mass is 10.1. The van der Waals surface area contributed by atoms with Crippen LogP contribution in [0.25, 0.3) is 0 Å². The van der Waals surface area contributed by atoms with E-state index in [4.69, 9.17) is 5.11 Å². The van der Waals surface area contributed by atoms with Gasteiger partial charge in [0.25, 0.3) is 0 Å². The summed E-state index contributed by atoms with van der Waals surface area (Å²) < 4.78 is 25.0. The molecule has 0 aromatic rings. The van der Waals surface area contributed by atoms with Crippen LogP contribution < -0.4 is 0 Å². The maximum Gasteiger partial charge on any atom is 0.126 e. The predicted octanol–water partition coefficient (Wildman–Crippen LogP) is 2.01. The van der Waals surface area contributed by atoms with E-state index < -0.39 is 17.8 Å². The molecule has 1 atom stereocenters. The van der Waals surface area contributed by atoms with Gasteiger partial charge in [-0.05, 0) is 18.6 Å². The summed E-state index contributed by atoms with van der Waals surface area (Å²) in [6, 6.07) is 0. The van der Waals surface area contributed by atoms with Gasteiger partial charge >= 0.3 is 0 Å². The summed E-state index contributed by atoms with van der Waals surface area (Å²) in [6.45, 7) is 4.29. The first kappa shape index (κ1) is 13.0. The molecule has 1 unspecified atom stereocenters. The molecule has 14 heavy (non-hydrogen) atoms. The lowest BCUT2D eigenvalue weighted by Crippen LogP contribution is -2.10. The molecule has 0 aromatic heterocycles. The van der Waals surface area contributed by atoms with Crippen LogP contribution in [0.1, 0.15) is 13.3 Å². The Labute approximate surface area is 81.9 Å². The fourth-order valence-corrected chi connectivity index (χ4v) is 0.813. The van der Waals surface area contributed by atoms with Crippen LogP contribution in [0.5, 0.6) is 0 Å². The fraction of sp³-hybridized carbons (Fsp3) is 0.400. The number of allylic oxidation sites excluding steroid dienone is 3. The largest absolute Gasteiger partial charge is 0.396 e. The van der Waals surface area contributed by atoms with E-state index >= 15 is 0 Å². The number of rotatable bonds is 5. The van der Waals surface area contributed by atoms with Gasteiger partial charge in [-0.2, -0.15) is 0 Å². The average Bonchev–Trinajstić information content (AvgIpc) is 2.02. The summed E-state index contributed by atoms with van der Waals surface area (Å²) in [5.74, 6) is -1.48. The first-order valence-electron chi connectivity index (χ1n) is 4.16. The first-order valence-corrected chi connectivity index (χ1v) is 4.16. The maximum absolute atomic E-state index is 12.8. The molecule has 80 valence electrons. The molecule has 0 bridgehead atoms. The SMILES string of the molecule is C=C(/C=C(F)\C=C(/C)F)C(O)CCO. The molecule has 0 aliphatic rings. The topological polar surface area (TPSA) is 40.5 Å². The fourth-order valence-electron chi connectivity index (χ4n) is 0.813. The van der Waals surface area contributed by atoms with Crippen molar-refractivity contribution in [1.29, 1.82) is 0 Å². The number of halogens is 2. The molecule has 0 spiro atoms. The molecule has 0 aliphatic carbocycles. The van der Waals surface area contributed by atoms with Crippen molar-refractivity contribution >= 4 is 0 Å². The first-order chi connectivity index (χ1) is 6.47. The molecule has 4 heteroatoms. The number of hydrogen-bond donors (Lipinski definition) is 2. The van der Waals surface area contributed by atoms with E-state index in [9.17, 15) is 13.9 Å². The van der Waals surface area contributed by atoms with E-state index in [1.165, 1.54) is 0 Å². The van der Waals surface area contributed by atoms with Crippen LogP contribution in [-0.4, -0.2) is 22.9 Å². The Hall–Kier alpha value is -1.00. The smallest absolute Gasteiger partial charge is 0.126 e. The molecular weight excluding hydrogens is 190 g/mol. The van der Waals surface area contributed by atoms with Gasteiger partial charge in [0.1, 0.15) is 5.83 Å². The van der Waals surface area contributed by atoms with E-state index in [0.29, 0.717) is 6.08 Å². The molecule has 0 radical (unpaired) electrons. The average molecular weight is 204 g/mol. The highest BCUT2D eigenvalue weighted by Crippen LogP contribution is 2.12. The third kappa shape index (κ3) is 5.61. The highest BCUT2D eigenvalue weighted by Gasteiger charge is 2.06.